The molecule has 0 bridgehead atoms. The fourth-order valence-electron chi connectivity index (χ4n) is 1.39. The van der Waals surface area contributed by atoms with E-state index < -0.39 is 0 Å². The van der Waals surface area contributed by atoms with Gasteiger partial charge in [-0.1, -0.05) is 18.2 Å². The molecule has 5 nitrogen and oxygen atoms in total. The molecule has 0 aliphatic heterocycles. The van der Waals surface area contributed by atoms with Crippen molar-refractivity contribution in [2.75, 3.05) is 0 Å². The van der Waals surface area contributed by atoms with Crippen molar-refractivity contribution in [2.45, 2.75) is 0 Å². The first-order valence-electron chi connectivity index (χ1n) is 4.24. The van der Waals surface area contributed by atoms with Crippen LogP contribution in [0.4, 0.5) is 0 Å². The lowest BCUT2D eigenvalue weighted by atomic mass is 10.3. The van der Waals surface area contributed by atoms with Gasteiger partial charge in [0.25, 0.3) is 0 Å². The van der Waals surface area contributed by atoms with Gasteiger partial charge in [-0.15, -0.1) is 5.10 Å². The normalized spacial score (nSPS) is 10.9. The number of benzene rings is 1. The molecule has 0 aliphatic rings. The third-order valence-electron chi connectivity index (χ3n) is 2.05. The van der Waals surface area contributed by atoms with E-state index in [-0.39, 0.29) is 0 Å². The third-order valence-corrected chi connectivity index (χ3v) is 2.05. The topological polar surface area (TPSA) is 59.4 Å². The summed E-state index contributed by atoms with van der Waals surface area (Å²) in [5, 5.41) is 15.7. The summed E-state index contributed by atoms with van der Waals surface area (Å²) in [5.74, 6) is 0.696. The highest BCUT2D eigenvalue weighted by molar-refractivity contribution is 5.78. The molecule has 0 saturated heterocycles. The Balaban J connectivity index is 2.24. The van der Waals surface area contributed by atoms with Crippen LogP contribution < -0.4 is 0 Å². The lowest BCUT2D eigenvalue weighted by Crippen LogP contribution is -1.93. The molecule has 1 aromatic carbocycles. The molecular weight excluding hydrogens is 178 g/mol. The van der Waals surface area contributed by atoms with Crippen molar-refractivity contribution in [3.05, 3.63) is 36.7 Å². The zero-order chi connectivity index (χ0) is 9.38. The van der Waals surface area contributed by atoms with Crippen molar-refractivity contribution in [3.63, 3.8) is 0 Å². The Hall–Kier alpha value is -2.17. The summed E-state index contributed by atoms with van der Waals surface area (Å²) in [5.41, 5.74) is 0.954. The number of rotatable bonds is 1. The van der Waals surface area contributed by atoms with Gasteiger partial charge in [0, 0.05) is 11.6 Å². The van der Waals surface area contributed by atoms with Crippen LogP contribution in [0.3, 0.4) is 0 Å². The van der Waals surface area contributed by atoms with Gasteiger partial charge < -0.3 is 0 Å². The average molecular weight is 185 g/mol. The Labute approximate surface area is 79.4 Å². The number of hydrogen-bond acceptors (Lipinski definition) is 3. The molecule has 0 aliphatic carbocycles. The summed E-state index contributed by atoms with van der Waals surface area (Å²) >= 11 is 0. The van der Waals surface area contributed by atoms with Crippen LogP contribution in [0.15, 0.2) is 36.7 Å². The maximum Gasteiger partial charge on any atom is 0.195 e. The lowest BCUT2D eigenvalue weighted by Gasteiger charge is -1.89. The molecule has 0 radical (unpaired) electrons. The van der Waals surface area contributed by atoms with E-state index in [9.17, 15) is 0 Å². The van der Waals surface area contributed by atoms with Crippen LogP contribution in [-0.2, 0) is 0 Å². The second-order valence-corrected chi connectivity index (χ2v) is 2.96. The minimum Gasteiger partial charge on any atom is -0.218 e. The number of fused-ring (bicyclic) bond motifs is 1. The second kappa shape index (κ2) is 2.66. The van der Waals surface area contributed by atoms with Gasteiger partial charge in [-0.3, -0.25) is 0 Å². The van der Waals surface area contributed by atoms with Crippen LogP contribution in [-0.4, -0.2) is 25.2 Å². The Morgan fingerprint density at radius 3 is 2.93 bits per heavy atom. The molecule has 5 heteroatoms. The van der Waals surface area contributed by atoms with Crippen LogP contribution in [0, 0.1) is 0 Å². The van der Waals surface area contributed by atoms with E-state index in [1.54, 1.807) is 10.9 Å². The molecule has 68 valence electrons. The lowest BCUT2D eigenvalue weighted by molar-refractivity contribution is 0.839. The molecule has 0 unspecified atom stereocenters. The summed E-state index contributed by atoms with van der Waals surface area (Å²) in [6.45, 7) is 0. The minimum absolute atomic E-state index is 0.696. The Morgan fingerprint density at radius 2 is 2.14 bits per heavy atom. The minimum atomic E-state index is 0.696. The number of aromatic amines is 1. The SMILES string of the molecule is c1ccc2nn(-c3cn[nH]n3)cc2c1. The third kappa shape index (κ3) is 0.990. The van der Waals surface area contributed by atoms with E-state index in [0.29, 0.717) is 5.82 Å². The van der Waals surface area contributed by atoms with Crippen molar-refractivity contribution in [1.82, 2.24) is 25.2 Å². The van der Waals surface area contributed by atoms with Gasteiger partial charge in [0.2, 0.25) is 0 Å². The van der Waals surface area contributed by atoms with Crippen molar-refractivity contribution in [1.29, 1.82) is 0 Å². The van der Waals surface area contributed by atoms with Crippen LogP contribution in [0.5, 0.6) is 0 Å². The predicted octanol–water partition coefficient (Wildman–Crippen LogP) is 1.14. The molecule has 0 saturated carbocycles. The van der Waals surface area contributed by atoms with Crippen LogP contribution >= 0.6 is 0 Å². The molecule has 3 rings (SSSR count). The van der Waals surface area contributed by atoms with E-state index in [4.69, 9.17) is 0 Å². The maximum atomic E-state index is 4.35. The first-order chi connectivity index (χ1) is 6.93. The quantitative estimate of drug-likeness (QED) is 0.618. The van der Waals surface area contributed by atoms with E-state index >= 15 is 0 Å². The molecule has 1 N–H and O–H groups in total. The van der Waals surface area contributed by atoms with E-state index in [0.717, 1.165) is 10.9 Å². The molecule has 3 aromatic rings. The maximum absolute atomic E-state index is 4.35. The molecule has 2 heterocycles. The summed E-state index contributed by atoms with van der Waals surface area (Å²) in [6.07, 6.45) is 3.55. The first-order valence-corrected chi connectivity index (χ1v) is 4.24. The summed E-state index contributed by atoms with van der Waals surface area (Å²) in [6, 6.07) is 7.92. The molecule has 14 heavy (non-hydrogen) atoms. The highest BCUT2D eigenvalue weighted by Crippen LogP contribution is 2.12. The van der Waals surface area contributed by atoms with Crippen molar-refractivity contribution in [2.24, 2.45) is 0 Å². The molecule has 0 atom stereocenters. The van der Waals surface area contributed by atoms with Gasteiger partial charge in [0.05, 0.1) is 11.7 Å². The monoisotopic (exact) mass is 185 g/mol. The number of hydrogen-bond donors (Lipinski definition) is 1. The van der Waals surface area contributed by atoms with E-state index in [2.05, 4.69) is 20.5 Å². The predicted molar refractivity (Wildman–Crippen MR) is 51.0 cm³/mol. The second-order valence-electron chi connectivity index (χ2n) is 2.96. The number of nitrogens with zero attached hydrogens (tertiary/aromatic N) is 4. The fraction of sp³-hybridized carbons (Fsp3) is 0. The van der Waals surface area contributed by atoms with Crippen LogP contribution in [0.25, 0.3) is 16.7 Å². The van der Waals surface area contributed by atoms with Crippen LogP contribution in [0.1, 0.15) is 0 Å². The van der Waals surface area contributed by atoms with E-state index in [1.807, 2.05) is 30.5 Å². The zero-order valence-corrected chi connectivity index (χ0v) is 7.25. The summed E-state index contributed by atoms with van der Waals surface area (Å²) < 4.78 is 1.70. The average Bonchev–Trinajstić information content (AvgIpc) is 2.86. The Kier molecular flexibility index (Phi) is 1.38. The molecule has 0 amide bonds. The van der Waals surface area contributed by atoms with Crippen molar-refractivity contribution < 1.29 is 0 Å². The number of aromatic nitrogens is 5. The zero-order valence-electron chi connectivity index (χ0n) is 7.25. The highest BCUT2D eigenvalue weighted by Gasteiger charge is 2.02. The van der Waals surface area contributed by atoms with Crippen molar-refractivity contribution in [3.8, 4) is 5.82 Å². The summed E-state index contributed by atoms with van der Waals surface area (Å²) in [4.78, 5) is 0. The van der Waals surface area contributed by atoms with Gasteiger partial charge in [0.1, 0.15) is 0 Å². The van der Waals surface area contributed by atoms with E-state index in [1.165, 1.54) is 0 Å². The largest absolute Gasteiger partial charge is 0.218 e. The molecule has 2 aromatic heterocycles. The van der Waals surface area contributed by atoms with Gasteiger partial charge in [-0.2, -0.15) is 15.4 Å². The van der Waals surface area contributed by atoms with Gasteiger partial charge in [-0.05, 0) is 6.07 Å². The Morgan fingerprint density at radius 1 is 1.21 bits per heavy atom. The van der Waals surface area contributed by atoms with Crippen molar-refractivity contribution >= 4 is 10.9 Å². The number of H-pyrrole nitrogens is 1. The Bertz CT molecular complexity index is 518. The fourth-order valence-corrected chi connectivity index (χ4v) is 1.39. The smallest absolute Gasteiger partial charge is 0.195 e. The molecule has 0 fully saturated rings. The van der Waals surface area contributed by atoms with Crippen LogP contribution in [0.2, 0.25) is 0 Å². The first kappa shape index (κ1) is 7.25. The van der Waals surface area contributed by atoms with Gasteiger partial charge >= 0.3 is 0 Å². The number of nitrogens with one attached hydrogen (secondary N) is 1. The highest BCUT2D eigenvalue weighted by atomic mass is 15.4. The molecular formula is C9H7N5. The van der Waals surface area contributed by atoms with Gasteiger partial charge in [-0.25, -0.2) is 4.68 Å². The summed E-state index contributed by atoms with van der Waals surface area (Å²) in [7, 11) is 0. The standard InChI is InChI=1S/C9H7N5/c1-2-4-8-7(3-1)6-14(12-8)9-5-10-13-11-9/h1-6H,(H,10,11,13). The van der Waals surface area contributed by atoms with Gasteiger partial charge in [0.15, 0.2) is 5.82 Å². The molecule has 0 spiro atoms.